The predicted molar refractivity (Wildman–Crippen MR) is 113 cm³/mol. The minimum absolute atomic E-state index is 0.107. The van der Waals surface area contributed by atoms with Gasteiger partial charge >= 0.3 is 0 Å². The lowest BCUT2D eigenvalue weighted by Crippen LogP contribution is -2.43. The molecule has 0 spiro atoms. The van der Waals surface area contributed by atoms with Crippen molar-refractivity contribution in [3.8, 4) is 11.3 Å². The highest BCUT2D eigenvalue weighted by Gasteiger charge is 2.24. The third-order valence-corrected chi connectivity index (χ3v) is 5.35. The zero-order valence-electron chi connectivity index (χ0n) is 16.6. The fraction of sp³-hybridized carbons (Fsp3) is 0.304. The lowest BCUT2D eigenvalue weighted by atomic mass is 10.0. The molecule has 0 bridgehead atoms. The molecule has 150 valence electrons. The van der Waals surface area contributed by atoms with Crippen LogP contribution in [0.1, 0.15) is 27.5 Å². The summed E-state index contributed by atoms with van der Waals surface area (Å²) in [6.07, 6.45) is 1.59. The van der Waals surface area contributed by atoms with Crippen molar-refractivity contribution in [3.05, 3.63) is 77.5 Å². The maximum absolute atomic E-state index is 13.0. The van der Waals surface area contributed by atoms with Crippen molar-refractivity contribution in [2.24, 2.45) is 0 Å². The zero-order valence-corrected chi connectivity index (χ0v) is 16.6. The largest absolute Gasteiger partial charge is 0.379 e. The number of hydrogen-bond donors (Lipinski definition) is 2. The van der Waals surface area contributed by atoms with Gasteiger partial charge in [-0.05, 0) is 12.5 Å². The number of aryl methyl sites for hydroxylation is 1. The van der Waals surface area contributed by atoms with Gasteiger partial charge in [0, 0.05) is 25.2 Å². The molecular formula is C23H26N4O2. The van der Waals surface area contributed by atoms with E-state index in [1.807, 2.05) is 30.3 Å². The Morgan fingerprint density at radius 3 is 2.59 bits per heavy atom. The number of aromatic amines is 1. The summed E-state index contributed by atoms with van der Waals surface area (Å²) in [5, 5.41) is 10.2. The summed E-state index contributed by atoms with van der Waals surface area (Å²) < 4.78 is 5.51. The first kappa shape index (κ1) is 19.4. The molecule has 1 amide bonds. The Balaban J connectivity index is 1.51. The van der Waals surface area contributed by atoms with Crippen molar-refractivity contribution in [1.29, 1.82) is 0 Å². The van der Waals surface area contributed by atoms with E-state index in [-0.39, 0.29) is 11.9 Å². The van der Waals surface area contributed by atoms with Gasteiger partial charge in [-0.2, -0.15) is 5.10 Å². The van der Waals surface area contributed by atoms with Gasteiger partial charge in [0.2, 0.25) is 0 Å². The predicted octanol–water partition coefficient (Wildman–Crippen LogP) is 3.19. The summed E-state index contributed by atoms with van der Waals surface area (Å²) in [7, 11) is 0. The van der Waals surface area contributed by atoms with Gasteiger partial charge < -0.3 is 10.1 Å². The minimum Gasteiger partial charge on any atom is -0.379 e. The molecule has 1 saturated heterocycles. The van der Waals surface area contributed by atoms with Gasteiger partial charge in [0.15, 0.2) is 0 Å². The van der Waals surface area contributed by atoms with Crippen LogP contribution in [-0.2, 0) is 4.74 Å². The summed E-state index contributed by atoms with van der Waals surface area (Å²) in [6, 6.07) is 18.4. The highest BCUT2D eigenvalue weighted by molar-refractivity contribution is 5.99. The van der Waals surface area contributed by atoms with E-state index in [1.54, 1.807) is 6.20 Å². The number of benzene rings is 2. The molecule has 2 N–H and O–H groups in total. The van der Waals surface area contributed by atoms with Gasteiger partial charge in [-0.15, -0.1) is 0 Å². The Hall–Kier alpha value is -2.96. The van der Waals surface area contributed by atoms with E-state index in [2.05, 4.69) is 51.6 Å². The van der Waals surface area contributed by atoms with Gasteiger partial charge in [-0.1, -0.05) is 60.2 Å². The normalized spacial score (nSPS) is 15.8. The highest BCUT2D eigenvalue weighted by atomic mass is 16.5. The van der Waals surface area contributed by atoms with Crippen LogP contribution < -0.4 is 5.32 Å². The Bertz CT molecular complexity index is 931. The summed E-state index contributed by atoms with van der Waals surface area (Å²) in [5.74, 6) is -0.122. The van der Waals surface area contributed by atoms with Crippen LogP contribution in [0.5, 0.6) is 0 Å². The fourth-order valence-electron chi connectivity index (χ4n) is 3.70. The molecule has 4 rings (SSSR count). The molecule has 2 heterocycles. The zero-order chi connectivity index (χ0) is 20.1. The molecule has 0 aliphatic carbocycles. The van der Waals surface area contributed by atoms with E-state index in [4.69, 9.17) is 4.74 Å². The maximum atomic E-state index is 13.0. The third kappa shape index (κ3) is 4.55. The summed E-state index contributed by atoms with van der Waals surface area (Å²) >= 11 is 0. The number of amides is 1. The molecule has 6 heteroatoms. The molecule has 0 radical (unpaired) electrons. The van der Waals surface area contributed by atoms with Crippen molar-refractivity contribution in [1.82, 2.24) is 20.4 Å². The first-order valence-corrected chi connectivity index (χ1v) is 9.98. The Morgan fingerprint density at radius 2 is 1.86 bits per heavy atom. The summed E-state index contributed by atoms with van der Waals surface area (Å²) in [4.78, 5) is 15.3. The summed E-state index contributed by atoms with van der Waals surface area (Å²) in [5.41, 5.74) is 4.67. The van der Waals surface area contributed by atoms with Crippen LogP contribution >= 0.6 is 0 Å². The lowest BCUT2D eigenvalue weighted by molar-refractivity contribution is 0.0162. The van der Waals surface area contributed by atoms with Gasteiger partial charge in [0.1, 0.15) is 0 Å². The van der Waals surface area contributed by atoms with Crippen molar-refractivity contribution < 1.29 is 9.53 Å². The first-order valence-electron chi connectivity index (χ1n) is 9.98. The quantitative estimate of drug-likeness (QED) is 0.678. The number of carbonyl (C=O) groups excluding carboxylic acids is 1. The van der Waals surface area contributed by atoms with E-state index < -0.39 is 0 Å². The molecule has 1 aliphatic rings. The molecule has 6 nitrogen and oxygen atoms in total. The molecule has 1 aromatic heterocycles. The van der Waals surface area contributed by atoms with Gasteiger partial charge in [0.25, 0.3) is 5.91 Å². The van der Waals surface area contributed by atoms with Crippen molar-refractivity contribution in [2.45, 2.75) is 13.0 Å². The van der Waals surface area contributed by atoms with Crippen molar-refractivity contribution in [2.75, 3.05) is 32.8 Å². The Morgan fingerprint density at radius 1 is 1.14 bits per heavy atom. The molecule has 1 atom stereocenters. The number of aromatic nitrogens is 2. The van der Waals surface area contributed by atoms with Crippen LogP contribution in [0.25, 0.3) is 11.3 Å². The molecule has 1 aliphatic heterocycles. The monoisotopic (exact) mass is 390 g/mol. The van der Waals surface area contributed by atoms with Gasteiger partial charge in [0.05, 0.1) is 36.7 Å². The van der Waals surface area contributed by atoms with E-state index in [9.17, 15) is 4.79 Å². The standard InChI is InChI=1S/C23H26N4O2/c1-17-7-9-18(10-8-17)21(27-11-13-29-14-12-27)16-24-23(28)20-15-25-26-22(20)19-5-3-2-4-6-19/h2-10,15,21H,11-14,16H2,1H3,(H,24,28)(H,25,26)/t21-/m0/s1. The molecule has 29 heavy (non-hydrogen) atoms. The molecule has 0 unspecified atom stereocenters. The second-order valence-corrected chi connectivity index (χ2v) is 7.31. The van der Waals surface area contributed by atoms with Crippen LogP contribution in [0.2, 0.25) is 0 Å². The van der Waals surface area contributed by atoms with Crippen LogP contribution in [0, 0.1) is 6.92 Å². The van der Waals surface area contributed by atoms with E-state index in [0.29, 0.717) is 12.1 Å². The average Bonchev–Trinajstić information content (AvgIpc) is 3.26. The molecule has 2 aromatic carbocycles. The Kier molecular flexibility index (Phi) is 6.03. The van der Waals surface area contributed by atoms with Gasteiger partial charge in [-0.25, -0.2) is 0 Å². The maximum Gasteiger partial charge on any atom is 0.255 e. The van der Waals surface area contributed by atoms with Gasteiger partial charge in [-0.3, -0.25) is 14.8 Å². The SMILES string of the molecule is Cc1ccc([C@H](CNC(=O)c2cn[nH]c2-c2ccccc2)N2CCOCC2)cc1. The lowest BCUT2D eigenvalue weighted by Gasteiger charge is -2.35. The number of ether oxygens (including phenoxy) is 1. The minimum atomic E-state index is -0.122. The average molecular weight is 390 g/mol. The molecule has 0 saturated carbocycles. The number of nitrogens with one attached hydrogen (secondary N) is 2. The smallest absolute Gasteiger partial charge is 0.255 e. The van der Waals surface area contributed by atoms with Crippen molar-refractivity contribution >= 4 is 5.91 Å². The molecular weight excluding hydrogens is 364 g/mol. The third-order valence-electron chi connectivity index (χ3n) is 5.35. The van der Waals surface area contributed by atoms with E-state index >= 15 is 0 Å². The highest BCUT2D eigenvalue weighted by Crippen LogP contribution is 2.23. The number of morpholine rings is 1. The molecule has 1 fully saturated rings. The van der Waals surface area contributed by atoms with Crippen LogP contribution in [-0.4, -0.2) is 53.9 Å². The van der Waals surface area contributed by atoms with E-state index in [0.717, 1.165) is 37.6 Å². The number of rotatable bonds is 6. The van der Waals surface area contributed by atoms with Crippen LogP contribution in [0.15, 0.2) is 60.8 Å². The first-order chi connectivity index (χ1) is 14.2. The van der Waals surface area contributed by atoms with Crippen molar-refractivity contribution in [3.63, 3.8) is 0 Å². The van der Waals surface area contributed by atoms with E-state index in [1.165, 1.54) is 11.1 Å². The summed E-state index contributed by atoms with van der Waals surface area (Å²) in [6.45, 7) is 5.76. The number of H-pyrrole nitrogens is 1. The van der Waals surface area contributed by atoms with Crippen LogP contribution in [0.4, 0.5) is 0 Å². The Labute approximate surface area is 170 Å². The molecule has 3 aromatic rings. The number of carbonyl (C=O) groups is 1. The topological polar surface area (TPSA) is 70.2 Å². The fourth-order valence-corrected chi connectivity index (χ4v) is 3.70. The second kappa shape index (κ2) is 9.03. The second-order valence-electron chi connectivity index (χ2n) is 7.31. The van der Waals surface area contributed by atoms with Crippen LogP contribution in [0.3, 0.4) is 0 Å². The number of nitrogens with zero attached hydrogens (tertiary/aromatic N) is 2. The number of hydrogen-bond acceptors (Lipinski definition) is 4.